The lowest BCUT2D eigenvalue weighted by Crippen LogP contribution is -2.30. The standard InChI is InChI=1S/C10H12Cl2N2O2/c1-5(15)4-14-10(16)7-2-6(13)3-8(11)9(7)12/h2-3,5,15H,4,13H2,1H3,(H,14,16)/t5-/m0/s1. The van der Waals surface area contributed by atoms with Crippen LogP contribution in [0.4, 0.5) is 5.69 Å². The van der Waals surface area contributed by atoms with Crippen LogP contribution in [0.25, 0.3) is 0 Å². The van der Waals surface area contributed by atoms with Gasteiger partial charge in [0.1, 0.15) is 0 Å². The molecule has 4 N–H and O–H groups in total. The van der Waals surface area contributed by atoms with Crippen LogP contribution >= 0.6 is 23.2 Å². The zero-order chi connectivity index (χ0) is 12.3. The predicted octanol–water partition coefficient (Wildman–Crippen LogP) is 1.69. The van der Waals surface area contributed by atoms with E-state index < -0.39 is 12.0 Å². The van der Waals surface area contributed by atoms with Crippen LogP contribution in [0.15, 0.2) is 12.1 Å². The summed E-state index contributed by atoms with van der Waals surface area (Å²) < 4.78 is 0. The highest BCUT2D eigenvalue weighted by atomic mass is 35.5. The van der Waals surface area contributed by atoms with Crippen molar-refractivity contribution in [3.8, 4) is 0 Å². The van der Waals surface area contributed by atoms with Crippen LogP contribution in [-0.2, 0) is 0 Å². The number of nitrogens with one attached hydrogen (secondary N) is 1. The fourth-order valence-electron chi connectivity index (χ4n) is 1.11. The number of amides is 1. The van der Waals surface area contributed by atoms with E-state index in [-0.39, 0.29) is 22.2 Å². The van der Waals surface area contributed by atoms with Crippen LogP contribution in [0.2, 0.25) is 10.0 Å². The van der Waals surface area contributed by atoms with Crippen LogP contribution < -0.4 is 11.1 Å². The lowest BCUT2D eigenvalue weighted by atomic mass is 10.2. The van der Waals surface area contributed by atoms with Crippen molar-refractivity contribution in [2.75, 3.05) is 12.3 Å². The lowest BCUT2D eigenvalue weighted by molar-refractivity contribution is 0.0924. The zero-order valence-electron chi connectivity index (χ0n) is 8.63. The average molecular weight is 263 g/mol. The first kappa shape index (κ1) is 13.1. The summed E-state index contributed by atoms with van der Waals surface area (Å²) in [4.78, 5) is 11.7. The van der Waals surface area contributed by atoms with Gasteiger partial charge < -0.3 is 16.2 Å². The molecule has 88 valence electrons. The topological polar surface area (TPSA) is 75.3 Å². The summed E-state index contributed by atoms with van der Waals surface area (Å²) in [6.07, 6.45) is -0.626. The molecule has 6 heteroatoms. The Labute approximate surface area is 103 Å². The van der Waals surface area contributed by atoms with E-state index in [1.54, 1.807) is 6.92 Å². The maximum atomic E-state index is 11.7. The van der Waals surface area contributed by atoms with Crippen molar-refractivity contribution < 1.29 is 9.90 Å². The lowest BCUT2D eigenvalue weighted by Gasteiger charge is -2.09. The fourth-order valence-corrected chi connectivity index (χ4v) is 1.53. The minimum Gasteiger partial charge on any atom is -0.399 e. The van der Waals surface area contributed by atoms with E-state index in [9.17, 15) is 4.79 Å². The molecule has 0 heterocycles. The van der Waals surface area contributed by atoms with E-state index >= 15 is 0 Å². The predicted molar refractivity (Wildman–Crippen MR) is 64.9 cm³/mol. The molecule has 1 amide bonds. The van der Waals surface area contributed by atoms with E-state index in [0.717, 1.165) is 0 Å². The van der Waals surface area contributed by atoms with Crippen molar-refractivity contribution >= 4 is 34.8 Å². The minimum absolute atomic E-state index is 0.140. The molecule has 0 saturated carbocycles. The van der Waals surface area contributed by atoms with Gasteiger partial charge in [-0.1, -0.05) is 23.2 Å². The highest BCUT2D eigenvalue weighted by Crippen LogP contribution is 2.28. The van der Waals surface area contributed by atoms with E-state index in [1.807, 2.05) is 0 Å². The van der Waals surface area contributed by atoms with Gasteiger partial charge >= 0.3 is 0 Å². The van der Waals surface area contributed by atoms with E-state index in [0.29, 0.717) is 5.69 Å². The van der Waals surface area contributed by atoms with Gasteiger partial charge in [0.25, 0.3) is 5.91 Å². The molecule has 1 aromatic carbocycles. The number of anilines is 1. The van der Waals surface area contributed by atoms with E-state index in [1.165, 1.54) is 12.1 Å². The Morgan fingerprint density at radius 3 is 2.75 bits per heavy atom. The van der Waals surface area contributed by atoms with Crippen molar-refractivity contribution in [1.29, 1.82) is 0 Å². The summed E-state index contributed by atoms with van der Waals surface area (Å²) in [6.45, 7) is 1.70. The number of carbonyl (C=O) groups excluding carboxylic acids is 1. The van der Waals surface area contributed by atoms with E-state index in [2.05, 4.69) is 5.32 Å². The number of hydrogen-bond donors (Lipinski definition) is 3. The Hall–Kier alpha value is -0.970. The van der Waals surface area contributed by atoms with Crippen LogP contribution in [0.5, 0.6) is 0 Å². The molecule has 4 nitrogen and oxygen atoms in total. The van der Waals surface area contributed by atoms with Gasteiger partial charge in [0, 0.05) is 12.2 Å². The molecule has 1 rings (SSSR count). The van der Waals surface area contributed by atoms with Crippen molar-refractivity contribution in [2.45, 2.75) is 13.0 Å². The van der Waals surface area contributed by atoms with Crippen LogP contribution in [-0.4, -0.2) is 23.7 Å². The Morgan fingerprint density at radius 2 is 2.19 bits per heavy atom. The second kappa shape index (κ2) is 5.39. The van der Waals surface area contributed by atoms with Gasteiger partial charge in [0.15, 0.2) is 0 Å². The van der Waals surface area contributed by atoms with Gasteiger partial charge in [0.05, 0.1) is 21.7 Å². The number of carbonyl (C=O) groups is 1. The highest BCUT2D eigenvalue weighted by Gasteiger charge is 2.14. The molecule has 16 heavy (non-hydrogen) atoms. The monoisotopic (exact) mass is 262 g/mol. The van der Waals surface area contributed by atoms with Gasteiger partial charge in [-0.2, -0.15) is 0 Å². The Morgan fingerprint density at radius 1 is 1.56 bits per heavy atom. The second-order valence-corrected chi connectivity index (χ2v) is 4.21. The maximum Gasteiger partial charge on any atom is 0.253 e. The Kier molecular flexibility index (Phi) is 4.41. The third-order valence-corrected chi connectivity index (χ3v) is 2.66. The summed E-state index contributed by atoms with van der Waals surface area (Å²) in [5, 5.41) is 11.9. The first-order valence-corrected chi connectivity index (χ1v) is 5.38. The molecule has 1 aromatic rings. The van der Waals surface area contributed by atoms with Crippen molar-refractivity contribution in [3.63, 3.8) is 0 Å². The third kappa shape index (κ3) is 3.27. The van der Waals surface area contributed by atoms with Crippen LogP contribution in [0, 0.1) is 0 Å². The van der Waals surface area contributed by atoms with Crippen LogP contribution in [0.3, 0.4) is 0 Å². The number of aliphatic hydroxyl groups is 1. The molecule has 0 aromatic heterocycles. The largest absolute Gasteiger partial charge is 0.399 e. The maximum absolute atomic E-state index is 11.7. The van der Waals surface area contributed by atoms with Crippen LogP contribution in [0.1, 0.15) is 17.3 Å². The average Bonchev–Trinajstić information content (AvgIpc) is 2.19. The number of nitrogens with two attached hydrogens (primary N) is 1. The van der Waals surface area contributed by atoms with Crippen molar-refractivity contribution in [1.82, 2.24) is 5.32 Å². The highest BCUT2D eigenvalue weighted by molar-refractivity contribution is 6.44. The number of aliphatic hydroxyl groups excluding tert-OH is 1. The SMILES string of the molecule is C[C@H](O)CNC(=O)c1cc(N)cc(Cl)c1Cl. The molecule has 0 aliphatic carbocycles. The molecule has 0 aliphatic heterocycles. The third-order valence-electron chi connectivity index (χ3n) is 1.85. The summed E-state index contributed by atoms with van der Waals surface area (Å²) in [5.41, 5.74) is 6.11. The zero-order valence-corrected chi connectivity index (χ0v) is 10.1. The summed E-state index contributed by atoms with van der Waals surface area (Å²) in [5.74, 6) is -0.417. The quantitative estimate of drug-likeness (QED) is 0.726. The normalized spacial score (nSPS) is 12.2. The van der Waals surface area contributed by atoms with Gasteiger partial charge in [0.2, 0.25) is 0 Å². The van der Waals surface area contributed by atoms with Gasteiger partial charge in [-0.15, -0.1) is 0 Å². The molecule has 0 saturated heterocycles. The molecule has 0 radical (unpaired) electrons. The summed E-state index contributed by atoms with van der Waals surface area (Å²) in [7, 11) is 0. The molecular weight excluding hydrogens is 251 g/mol. The smallest absolute Gasteiger partial charge is 0.253 e. The molecule has 0 spiro atoms. The molecule has 0 aliphatic rings. The number of benzene rings is 1. The number of rotatable bonds is 3. The Bertz CT molecular complexity index is 408. The fraction of sp³-hybridized carbons (Fsp3) is 0.300. The molecule has 0 fully saturated rings. The Balaban J connectivity index is 2.91. The molecule has 1 atom stereocenters. The summed E-state index contributed by atoms with van der Waals surface area (Å²) >= 11 is 11.6. The van der Waals surface area contributed by atoms with Crippen molar-refractivity contribution in [2.24, 2.45) is 0 Å². The van der Waals surface area contributed by atoms with E-state index in [4.69, 9.17) is 34.0 Å². The first-order chi connectivity index (χ1) is 7.41. The summed E-state index contributed by atoms with van der Waals surface area (Å²) in [6, 6.07) is 2.90. The van der Waals surface area contributed by atoms with Gasteiger partial charge in [-0.25, -0.2) is 0 Å². The number of nitrogen functional groups attached to an aromatic ring is 1. The number of halogens is 2. The second-order valence-electron chi connectivity index (χ2n) is 3.42. The first-order valence-electron chi connectivity index (χ1n) is 4.62. The molecule has 0 unspecified atom stereocenters. The number of hydrogen-bond acceptors (Lipinski definition) is 3. The van der Waals surface area contributed by atoms with Gasteiger partial charge in [-0.05, 0) is 19.1 Å². The minimum atomic E-state index is -0.626. The molecule has 0 bridgehead atoms. The van der Waals surface area contributed by atoms with Crippen molar-refractivity contribution in [3.05, 3.63) is 27.7 Å². The van der Waals surface area contributed by atoms with Gasteiger partial charge in [-0.3, -0.25) is 4.79 Å². The molecular formula is C10H12Cl2N2O2.